The summed E-state index contributed by atoms with van der Waals surface area (Å²) in [5, 5.41) is 26.4. The third kappa shape index (κ3) is 6.75. The zero-order chi connectivity index (χ0) is 26.6. The van der Waals surface area contributed by atoms with Gasteiger partial charge in [-0.2, -0.15) is 5.09 Å². The van der Waals surface area contributed by atoms with Crippen molar-refractivity contribution in [3.63, 3.8) is 0 Å². The van der Waals surface area contributed by atoms with Crippen molar-refractivity contribution >= 4 is 25.9 Å². The van der Waals surface area contributed by atoms with E-state index in [0.717, 1.165) is 0 Å². The van der Waals surface area contributed by atoms with Gasteiger partial charge in [0, 0.05) is 13.0 Å². The van der Waals surface area contributed by atoms with E-state index in [1.165, 1.54) is 19.6 Å². The quantitative estimate of drug-likeness (QED) is 0.258. The average Bonchev–Trinajstić information content (AvgIpc) is 3.38. The molecule has 2 aliphatic heterocycles. The third-order valence-corrected chi connectivity index (χ3v) is 7.29. The van der Waals surface area contributed by atoms with E-state index in [2.05, 4.69) is 20.4 Å². The van der Waals surface area contributed by atoms with Gasteiger partial charge >= 0.3 is 13.7 Å². The topological polar surface area (TPSA) is 166 Å². The monoisotopic (exact) mass is 537 g/mol. The van der Waals surface area contributed by atoms with Crippen LogP contribution < -0.4 is 14.9 Å². The molecule has 202 valence electrons. The minimum Gasteiger partial charge on any atom is -0.462 e. The standard InChI is InChI=1S/C23H32N5O8P/c1-14(2)34-23(31)15(3)27-37(32,36-16-7-5-4-6-8-16)33-11-19-17(29)9-20(35-19)28-13-26-21-18(30)10-24-12-25-22(21)28/h4-8,12-15,17-20,29-30H,9-11H2,1-3H3,(H,24,25)(H,27,32)/t15-,17+,18-,19-,20?,37?/m1/s1. The lowest BCUT2D eigenvalue weighted by Gasteiger charge is -2.25. The number of carbonyl (C=O) groups is 1. The predicted octanol–water partition coefficient (Wildman–Crippen LogP) is 1.96. The number of nitrogens with one attached hydrogen (secondary N) is 2. The van der Waals surface area contributed by atoms with Crippen molar-refractivity contribution in [3.8, 4) is 5.75 Å². The number of carbonyl (C=O) groups excluding carboxylic acids is 1. The van der Waals surface area contributed by atoms with Crippen molar-refractivity contribution in [1.82, 2.24) is 20.0 Å². The molecule has 13 nitrogen and oxygen atoms in total. The number of aliphatic hydroxyl groups excluding tert-OH is 2. The van der Waals surface area contributed by atoms with Gasteiger partial charge in [-0.15, -0.1) is 0 Å². The molecule has 1 fully saturated rings. The van der Waals surface area contributed by atoms with Gasteiger partial charge < -0.3 is 29.5 Å². The summed E-state index contributed by atoms with van der Waals surface area (Å²) in [6.45, 7) is 4.87. The summed E-state index contributed by atoms with van der Waals surface area (Å²) in [6.07, 6.45) is -0.541. The van der Waals surface area contributed by atoms with Crippen LogP contribution in [0.2, 0.25) is 0 Å². The molecule has 0 aliphatic carbocycles. The SMILES string of the molecule is CC(C)OC(=O)[C@@H](C)NP(=O)(OC[C@H]1OC(n2cnc3c2N=CNC[C@H]3O)C[C@@H]1O)Oc1ccccc1. The molecule has 0 radical (unpaired) electrons. The molecule has 0 amide bonds. The van der Waals surface area contributed by atoms with Gasteiger partial charge in [0.25, 0.3) is 0 Å². The van der Waals surface area contributed by atoms with E-state index in [0.29, 0.717) is 11.5 Å². The summed E-state index contributed by atoms with van der Waals surface area (Å²) < 4.78 is 37.7. The zero-order valence-corrected chi connectivity index (χ0v) is 21.7. The van der Waals surface area contributed by atoms with Gasteiger partial charge in [0.15, 0.2) is 5.82 Å². The highest BCUT2D eigenvalue weighted by Crippen LogP contribution is 2.46. The van der Waals surface area contributed by atoms with E-state index in [9.17, 15) is 19.6 Å². The molecule has 3 heterocycles. The molecular weight excluding hydrogens is 505 g/mol. The third-order valence-electron chi connectivity index (χ3n) is 5.65. The molecule has 1 aromatic heterocycles. The number of rotatable bonds is 10. The minimum atomic E-state index is -4.11. The molecule has 37 heavy (non-hydrogen) atoms. The number of aromatic nitrogens is 2. The van der Waals surface area contributed by atoms with Gasteiger partial charge in [0.2, 0.25) is 0 Å². The first-order valence-electron chi connectivity index (χ1n) is 12.0. The maximum atomic E-state index is 13.7. The van der Waals surface area contributed by atoms with Gasteiger partial charge in [0.1, 0.15) is 35.9 Å². The van der Waals surface area contributed by atoms with Crippen molar-refractivity contribution in [2.24, 2.45) is 4.99 Å². The highest BCUT2D eigenvalue weighted by molar-refractivity contribution is 7.52. The molecule has 0 saturated carbocycles. The molecule has 2 aromatic rings. The molecule has 14 heteroatoms. The maximum Gasteiger partial charge on any atom is 0.459 e. The van der Waals surface area contributed by atoms with E-state index in [1.807, 2.05) is 0 Å². The highest BCUT2D eigenvalue weighted by Gasteiger charge is 2.40. The molecule has 0 bridgehead atoms. The molecule has 0 spiro atoms. The molecule has 2 aliphatic rings. The average molecular weight is 538 g/mol. The Labute approximate surface area is 214 Å². The lowest BCUT2D eigenvalue weighted by molar-refractivity contribution is -0.149. The van der Waals surface area contributed by atoms with Crippen LogP contribution in [-0.2, 0) is 23.4 Å². The summed E-state index contributed by atoms with van der Waals surface area (Å²) in [5.41, 5.74) is 0.395. The number of esters is 1. The van der Waals surface area contributed by atoms with Gasteiger partial charge in [-0.3, -0.25) is 13.9 Å². The molecule has 1 aromatic carbocycles. The number of benzene rings is 1. The first kappa shape index (κ1) is 27.2. The van der Waals surface area contributed by atoms with Crippen LogP contribution in [0.4, 0.5) is 5.82 Å². The molecule has 6 atom stereocenters. The Morgan fingerprint density at radius 2 is 2.05 bits per heavy atom. The second-order valence-corrected chi connectivity index (χ2v) is 10.7. The van der Waals surface area contributed by atoms with Crippen LogP contribution in [0.25, 0.3) is 0 Å². The number of ether oxygens (including phenoxy) is 2. The van der Waals surface area contributed by atoms with Crippen molar-refractivity contribution < 1.29 is 38.1 Å². The number of aliphatic hydroxyl groups is 2. The number of hydrogen-bond acceptors (Lipinski definition) is 11. The summed E-state index contributed by atoms with van der Waals surface area (Å²) in [6, 6.07) is 7.37. The summed E-state index contributed by atoms with van der Waals surface area (Å²) in [4.78, 5) is 20.8. The van der Waals surface area contributed by atoms with Crippen molar-refractivity contribution in [2.45, 2.75) is 63.9 Å². The van der Waals surface area contributed by atoms with Crippen molar-refractivity contribution in [3.05, 3.63) is 42.4 Å². The van der Waals surface area contributed by atoms with Crippen LogP contribution >= 0.6 is 7.75 Å². The Kier molecular flexibility index (Phi) is 8.63. The summed E-state index contributed by atoms with van der Waals surface area (Å²) in [5.74, 6) is 0.0545. The largest absolute Gasteiger partial charge is 0.462 e. The highest BCUT2D eigenvalue weighted by atomic mass is 31.2. The normalized spacial score (nSPS) is 25.6. The Balaban J connectivity index is 1.46. The molecular formula is C23H32N5O8P. The number of imidazole rings is 1. The van der Waals surface area contributed by atoms with Crippen molar-refractivity contribution in [1.29, 1.82) is 0 Å². The van der Waals surface area contributed by atoms with Crippen molar-refractivity contribution in [2.75, 3.05) is 13.2 Å². The lowest BCUT2D eigenvalue weighted by atomic mass is 10.2. The van der Waals surface area contributed by atoms with E-state index in [4.69, 9.17) is 18.5 Å². The molecule has 1 saturated heterocycles. The zero-order valence-electron chi connectivity index (χ0n) is 20.8. The first-order valence-corrected chi connectivity index (χ1v) is 13.5. The van der Waals surface area contributed by atoms with Gasteiger partial charge in [-0.25, -0.2) is 14.5 Å². The van der Waals surface area contributed by atoms with Crippen LogP contribution in [0.1, 0.15) is 45.2 Å². The van der Waals surface area contributed by atoms with Crippen LogP contribution in [0.3, 0.4) is 0 Å². The molecule has 4 rings (SSSR count). The maximum absolute atomic E-state index is 13.7. The Morgan fingerprint density at radius 1 is 1.30 bits per heavy atom. The van der Waals surface area contributed by atoms with Crippen LogP contribution in [0.15, 0.2) is 41.7 Å². The van der Waals surface area contributed by atoms with E-state index >= 15 is 0 Å². The molecule has 2 unspecified atom stereocenters. The van der Waals surface area contributed by atoms with Gasteiger partial charge in [-0.1, -0.05) is 18.2 Å². The van der Waals surface area contributed by atoms with E-state index in [-0.39, 0.29) is 31.4 Å². The van der Waals surface area contributed by atoms with Crippen LogP contribution in [0, 0.1) is 0 Å². The second-order valence-electron chi connectivity index (χ2n) is 9.01. The number of nitrogens with zero attached hydrogens (tertiary/aromatic N) is 3. The summed E-state index contributed by atoms with van der Waals surface area (Å²) in [7, 11) is -4.11. The lowest BCUT2D eigenvalue weighted by Crippen LogP contribution is -2.37. The number of β-amino-alcohol motifs (C(OH)–C–C–N with tert-alkyl or cyclic N) is 1. The second kappa shape index (κ2) is 11.7. The minimum absolute atomic E-state index is 0.185. The first-order chi connectivity index (χ1) is 17.6. The number of hydrogen-bond donors (Lipinski definition) is 4. The van der Waals surface area contributed by atoms with Gasteiger partial charge in [0.05, 0.1) is 31.5 Å². The molecule has 4 N–H and O–H groups in total. The Morgan fingerprint density at radius 3 is 2.78 bits per heavy atom. The summed E-state index contributed by atoms with van der Waals surface area (Å²) >= 11 is 0. The van der Waals surface area contributed by atoms with Gasteiger partial charge in [-0.05, 0) is 32.9 Å². The van der Waals surface area contributed by atoms with E-state index in [1.54, 1.807) is 48.7 Å². The van der Waals surface area contributed by atoms with E-state index < -0.39 is 44.3 Å². The number of para-hydroxylation sites is 1. The predicted molar refractivity (Wildman–Crippen MR) is 132 cm³/mol. The number of fused-ring (bicyclic) bond motifs is 1. The Bertz CT molecular complexity index is 1140. The van der Waals surface area contributed by atoms with Crippen LogP contribution in [0.5, 0.6) is 5.75 Å². The number of aliphatic imine (C=N–C) groups is 1. The fraction of sp³-hybridized carbons (Fsp3) is 0.522. The smallest absolute Gasteiger partial charge is 0.459 e. The fourth-order valence-electron chi connectivity index (χ4n) is 3.86. The Hall–Kier alpha value is -2.80. The fourth-order valence-corrected chi connectivity index (χ4v) is 5.36. The van der Waals surface area contributed by atoms with Crippen LogP contribution in [-0.4, -0.2) is 69.6 Å².